The molecule has 114 valence electrons. The van der Waals surface area contributed by atoms with Crippen molar-refractivity contribution in [2.45, 2.75) is 0 Å². The molecule has 2 amide bonds. The average Bonchev–Trinajstić information content (AvgIpc) is 3.13. The van der Waals surface area contributed by atoms with Crippen LogP contribution in [0.3, 0.4) is 0 Å². The Hall–Kier alpha value is -2.67. The number of β-amino-alcohol motifs (C(OH)–C–C–N with tert-alkyl or cyclic N) is 1. The van der Waals surface area contributed by atoms with E-state index in [1.807, 2.05) is 24.3 Å². The summed E-state index contributed by atoms with van der Waals surface area (Å²) < 4.78 is 0. The van der Waals surface area contributed by atoms with Gasteiger partial charge in [-0.3, -0.25) is 19.5 Å². The topological polar surface area (TPSA) is 94.0 Å². The van der Waals surface area contributed by atoms with Gasteiger partial charge in [0.1, 0.15) is 11.5 Å². The Labute approximate surface area is 127 Å². The van der Waals surface area contributed by atoms with Crippen molar-refractivity contribution >= 4 is 23.3 Å². The number of carbonyl (C=O) groups is 2. The fourth-order valence-corrected chi connectivity index (χ4v) is 2.40. The van der Waals surface area contributed by atoms with E-state index in [0.29, 0.717) is 5.69 Å². The van der Waals surface area contributed by atoms with E-state index in [-0.39, 0.29) is 18.8 Å². The van der Waals surface area contributed by atoms with Crippen molar-refractivity contribution in [2.75, 3.05) is 31.6 Å². The van der Waals surface area contributed by atoms with Crippen LogP contribution in [0.1, 0.15) is 5.56 Å². The lowest BCUT2D eigenvalue weighted by Gasteiger charge is -2.13. The Balaban J connectivity index is 1.76. The minimum absolute atomic E-state index is 0.000111. The second-order valence-electron chi connectivity index (χ2n) is 4.94. The molecule has 2 aliphatic rings. The van der Waals surface area contributed by atoms with Crippen molar-refractivity contribution in [3.05, 3.63) is 41.6 Å². The molecule has 2 aliphatic heterocycles. The summed E-state index contributed by atoms with van der Waals surface area (Å²) in [6.07, 6.45) is 1.25. The number of carbonyl (C=O) groups excluding carboxylic acids is 2. The first kappa shape index (κ1) is 14.3. The van der Waals surface area contributed by atoms with Crippen LogP contribution in [0.4, 0.5) is 5.69 Å². The molecule has 2 heterocycles. The molecule has 3 rings (SSSR count). The molecule has 22 heavy (non-hydrogen) atoms. The van der Waals surface area contributed by atoms with Crippen LogP contribution in [0.15, 0.2) is 41.0 Å². The van der Waals surface area contributed by atoms with E-state index in [0.717, 1.165) is 29.4 Å². The second kappa shape index (κ2) is 5.98. The van der Waals surface area contributed by atoms with Crippen molar-refractivity contribution < 1.29 is 14.7 Å². The minimum Gasteiger partial charge on any atom is -0.395 e. The van der Waals surface area contributed by atoms with Gasteiger partial charge in [-0.15, -0.1) is 0 Å². The van der Waals surface area contributed by atoms with E-state index in [4.69, 9.17) is 5.11 Å². The number of hydrogen-bond donors (Lipinski definition) is 3. The number of hydrogen-bond acceptors (Lipinski definition) is 6. The quantitative estimate of drug-likeness (QED) is 0.649. The van der Waals surface area contributed by atoms with Gasteiger partial charge in [0.05, 0.1) is 19.7 Å². The molecule has 7 heteroatoms. The number of nitrogens with one attached hydrogen (secondary N) is 2. The van der Waals surface area contributed by atoms with Crippen molar-refractivity contribution in [1.82, 2.24) is 10.2 Å². The molecule has 0 aliphatic carbocycles. The third-order valence-electron chi connectivity index (χ3n) is 3.42. The smallest absolute Gasteiger partial charge is 0.277 e. The summed E-state index contributed by atoms with van der Waals surface area (Å²) in [6.45, 7) is 1.32. The van der Waals surface area contributed by atoms with Gasteiger partial charge in [0, 0.05) is 23.9 Å². The summed E-state index contributed by atoms with van der Waals surface area (Å²) >= 11 is 0. The van der Waals surface area contributed by atoms with Crippen LogP contribution in [-0.2, 0) is 9.59 Å². The van der Waals surface area contributed by atoms with Gasteiger partial charge in [-0.1, -0.05) is 12.1 Å². The number of amidine groups is 1. The Bertz CT molecular complexity index is 681. The highest BCUT2D eigenvalue weighted by Gasteiger charge is 2.30. The fraction of sp³-hybridized carbons (Fsp3) is 0.267. The summed E-state index contributed by atoms with van der Waals surface area (Å²) in [7, 11) is 0. The van der Waals surface area contributed by atoms with Crippen LogP contribution in [0.5, 0.6) is 0 Å². The van der Waals surface area contributed by atoms with Gasteiger partial charge in [0.15, 0.2) is 0 Å². The van der Waals surface area contributed by atoms with E-state index in [9.17, 15) is 9.59 Å². The second-order valence-corrected chi connectivity index (χ2v) is 4.94. The number of aliphatic hydroxyl groups is 1. The molecule has 1 aromatic carbocycles. The van der Waals surface area contributed by atoms with Crippen LogP contribution in [-0.4, -0.2) is 53.9 Å². The lowest BCUT2D eigenvalue weighted by atomic mass is 10.2. The predicted molar refractivity (Wildman–Crippen MR) is 81.4 cm³/mol. The molecule has 0 unspecified atom stereocenters. The molecule has 0 radical (unpaired) electrons. The summed E-state index contributed by atoms with van der Waals surface area (Å²) in [5.41, 5.74) is 1.83. The monoisotopic (exact) mass is 300 g/mol. The maximum absolute atomic E-state index is 12.1. The van der Waals surface area contributed by atoms with Crippen molar-refractivity contribution in [3.8, 4) is 0 Å². The number of aliphatic imine (C=N–C) groups is 1. The summed E-state index contributed by atoms with van der Waals surface area (Å²) in [6, 6.07) is 7.46. The van der Waals surface area contributed by atoms with Crippen molar-refractivity contribution in [3.63, 3.8) is 0 Å². The summed E-state index contributed by atoms with van der Waals surface area (Å²) in [5.74, 6) is -0.0197. The average molecular weight is 300 g/mol. The maximum atomic E-state index is 12.1. The van der Waals surface area contributed by atoms with Crippen molar-refractivity contribution in [1.29, 1.82) is 0 Å². The molecule has 0 atom stereocenters. The molecule has 0 fully saturated rings. The number of anilines is 1. The lowest BCUT2D eigenvalue weighted by Crippen LogP contribution is -2.34. The fourth-order valence-electron chi connectivity index (χ4n) is 2.40. The molecular weight excluding hydrogens is 284 g/mol. The molecule has 0 bridgehead atoms. The first-order chi connectivity index (χ1) is 10.7. The number of rotatable bonds is 5. The molecule has 7 nitrogen and oxygen atoms in total. The highest BCUT2D eigenvalue weighted by atomic mass is 16.3. The van der Waals surface area contributed by atoms with Gasteiger partial charge in [0.2, 0.25) is 0 Å². The standard InChI is InChI=1S/C15H16N4O3/c20-7-6-19-13(21)9-12(15(19)22)18-11-3-1-2-10(8-11)14-16-4-5-17-14/h1-3,8-9,18,20H,4-7H2,(H,16,17). The van der Waals surface area contributed by atoms with Crippen molar-refractivity contribution in [2.24, 2.45) is 4.99 Å². The first-order valence-corrected chi connectivity index (χ1v) is 7.03. The Morgan fingerprint density at radius 1 is 1.36 bits per heavy atom. The first-order valence-electron chi connectivity index (χ1n) is 7.03. The third-order valence-corrected chi connectivity index (χ3v) is 3.42. The molecule has 0 saturated carbocycles. The Morgan fingerprint density at radius 2 is 2.23 bits per heavy atom. The molecule has 0 saturated heterocycles. The Kier molecular flexibility index (Phi) is 3.88. The molecule has 3 N–H and O–H groups in total. The van der Waals surface area contributed by atoms with E-state index in [1.54, 1.807) is 0 Å². The van der Waals surface area contributed by atoms with Gasteiger partial charge in [0.25, 0.3) is 11.8 Å². The van der Waals surface area contributed by atoms with Crippen LogP contribution >= 0.6 is 0 Å². The van der Waals surface area contributed by atoms with Crippen LogP contribution < -0.4 is 10.6 Å². The minimum atomic E-state index is -0.430. The van der Waals surface area contributed by atoms with Gasteiger partial charge in [-0.05, 0) is 12.1 Å². The summed E-state index contributed by atoms with van der Waals surface area (Å²) in [5, 5.41) is 15.0. The lowest BCUT2D eigenvalue weighted by molar-refractivity contribution is -0.137. The van der Waals surface area contributed by atoms with Crippen LogP contribution in [0, 0.1) is 0 Å². The molecular formula is C15H16N4O3. The maximum Gasteiger partial charge on any atom is 0.277 e. The zero-order chi connectivity index (χ0) is 15.5. The highest BCUT2D eigenvalue weighted by Crippen LogP contribution is 2.18. The number of amides is 2. The van der Waals surface area contributed by atoms with Crippen LogP contribution in [0.2, 0.25) is 0 Å². The molecule has 1 aromatic rings. The Morgan fingerprint density at radius 3 is 2.95 bits per heavy atom. The van der Waals surface area contributed by atoms with Crippen LogP contribution in [0.25, 0.3) is 0 Å². The molecule has 0 aromatic heterocycles. The number of benzene rings is 1. The number of nitrogens with zero attached hydrogens (tertiary/aromatic N) is 2. The van der Waals surface area contributed by atoms with E-state index < -0.39 is 11.8 Å². The SMILES string of the molecule is O=C1C=C(Nc2cccc(C3=NCCN3)c2)C(=O)N1CCO. The van der Waals surface area contributed by atoms with Gasteiger partial charge in [-0.25, -0.2) is 0 Å². The van der Waals surface area contributed by atoms with Gasteiger partial charge >= 0.3 is 0 Å². The normalized spacial score (nSPS) is 17.4. The highest BCUT2D eigenvalue weighted by molar-refractivity contribution is 6.17. The van der Waals surface area contributed by atoms with E-state index in [2.05, 4.69) is 15.6 Å². The third kappa shape index (κ3) is 2.71. The zero-order valence-electron chi connectivity index (χ0n) is 11.9. The number of imide groups is 1. The largest absolute Gasteiger partial charge is 0.395 e. The molecule has 0 spiro atoms. The predicted octanol–water partition coefficient (Wildman–Crippen LogP) is -0.307. The zero-order valence-corrected chi connectivity index (χ0v) is 11.9. The summed E-state index contributed by atoms with van der Waals surface area (Å²) in [4.78, 5) is 29.1. The van der Waals surface area contributed by atoms with E-state index in [1.165, 1.54) is 6.08 Å². The van der Waals surface area contributed by atoms with Gasteiger partial charge in [-0.2, -0.15) is 0 Å². The number of aliphatic hydroxyl groups excluding tert-OH is 1. The van der Waals surface area contributed by atoms with E-state index >= 15 is 0 Å². The van der Waals surface area contributed by atoms with Gasteiger partial charge < -0.3 is 15.7 Å².